The van der Waals surface area contributed by atoms with Crippen LogP contribution in [0.5, 0.6) is 0 Å². The summed E-state index contributed by atoms with van der Waals surface area (Å²) in [7, 11) is -1.55. The third-order valence-corrected chi connectivity index (χ3v) is 7.62. The molecule has 0 N–H and O–H groups in total. The fourth-order valence-electron chi connectivity index (χ4n) is 4.27. The van der Waals surface area contributed by atoms with Crippen LogP contribution in [0.25, 0.3) is 0 Å². The first-order chi connectivity index (χ1) is 15.5. The first-order valence-corrected chi connectivity index (χ1v) is 12.1. The number of halogens is 1. The highest BCUT2D eigenvalue weighted by molar-refractivity contribution is 7.85. The highest BCUT2D eigenvalue weighted by atomic mass is 35.5. The minimum Gasteiger partial charge on any atom is -0.339 e. The number of fused-ring (bicyclic) bond motifs is 2. The zero-order valence-electron chi connectivity index (χ0n) is 17.3. The third kappa shape index (κ3) is 3.74. The van der Waals surface area contributed by atoms with E-state index in [9.17, 15) is 13.8 Å². The van der Waals surface area contributed by atoms with Gasteiger partial charge in [-0.3, -0.25) is 9.59 Å². The average Bonchev–Trinajstić information content (AvgIpc) is 3.33. The summed E-state index contributed by atoms with van der Waals surface area (Å²) < 4.78 is 13.5. The molecule has 0 aliphatic carbocycles. The zero-order valence-corrected chi connectivity index (χ0v) is 18.9. The molecule has 0 radical (unpaired) electrons. The Labute approximate surface area is 194 Å². The van der Waals surface area contributed by atoms with E-state index in [0.717, 1.165) is 31.5 Å². The van der Waals surface area contributed by atoms with Gasteiger partial charge in [-0.15, -0.1) is 0 Å². The van der Waals surface area contributed by atoms with Gasteiger partial charge < -0.3 is 9.80 Å². The van der Waals surface area contributed by atoms with Crippen LogP contribution in [0.15, 0.2) is 76.5 Å². The Balaban J connectivity index is 1.65. The first kappa shape index (κ1) is 20.9. The molecule has 0 spiro atoms. The lowest BCUT2D eigenvalue weighted by Crippen LogP contribution is -2.31. The van der Waals surface area contributed by atoms with Crippen molar-refractivity contribution in [2.45, 2.75) is 29.2 Å². The van der Waals surface area contributed by atoms with Gasteiger partial charge in [0.15, 0.2) is 0 Å². The van der Waals surface area contributed by atoms with E-state index in [1.54, 1.807) is 53.4 Å². The minimum absolute atomic E-state index is 0.0620. The zero-order chi connectivity index (χ0) is 22.2. The van der Waals surface area contributed by atoms with Gasteiger partial charge >= 0.3 is 0 Å². The van der Waals surface area contributed by atoms with Crippen molar-refractivity contribution >= 4 is 39.9 Å². The summed E-state index contributed by atoms with van der Waals surface area (Å²) in [4.78, 5) is 31.1. The number of carbonyl (C=O) groups excluding carboxylic acids is 2. The fraction of sp³-hybridized carbons (Fsp3) is 0.200. The van der Waals surface area contributed by atoms with Gasteiger partial charge in [0.05, 0.1) is 38.4 Å². The van der Waals surface area contributed by atoms with E-state index in [4.69, 9.17) is 11.6 Å². The lowest BCUT2D eigenvalue weighted by atomic mass is 10.1. The molecule has 5 rings (SSSR count). The van der Waals surface area contributed by atoms with Crippen molar-refractivity contribution < 1.29 is 13.8 Å². The van der Waals surface area contributed by atoms with Crippen LogP contribution in [-0.2, 0) is 17.3 Å². The maximum atomic E-state index is 13.6. The Hall–Kier alpha value is -2.96. The number of carbonyl (C=O) groups is 2. The third-order valence-electron chi connectivity index (χ3n) is 5.88. The maximum Gasteiger partial charge on any atom is 0.259 e. The number of anilines is 1. The molecular formula is C25H21ClN2O3S. The number of hydrogen-bond donors (Lipinski definition) is 0. The molecule has 2 heterocycles. The van der Waals surface area contributed by atoms with Crippen LogP contribution in [0.3, 0.4) is 0 Å². The molecule has 1 saturated heterocycles. The predicted octanol–water partition coefficient (Wildman–Crippen LogP) is 4.90. The highest BCUT2D eigenvalue weighted by Crippen LogP contribution is 2.36. The van der Waals surface area contributed by atoms with Gasteiger partial charge in [-0.25, -0.2) is 4.21 Å². The SMILES string of the molecule is O=C(c1ccc2c(c1)N(Cc1cccc(Cl)c1)C(=O)c1ccccc1[S@]2=O)N1CCCC1. The van der Waals surface area contributed by atoms with Crippen LogP contribution in [0, 0.1) is 0 Å². The van der Waals surface area contributed by atoms with Crippen LogP contribution < -0.4 is 4.90 Å². The molecule has 0 bridgehead atoms. The monoisotopic (exact) mass is 464 g/mol. The van der Waals surface area contributed by atoms with Gasteiger partial charge in [0.2, 0.25) is 0 Å². The van der Waals surface area contributed by atoms with E-state index in [0.29, 0.717) is 31.6 Å². The largest absolute Gasteiger partial charge is 0.339 e. The van der Waals surface area contributed by atoms with Gasteiger partial charge in [0, 0.05) is 23.7 Å². The van der Waals surface area contributed by atoms with Crippen LogP contribution in [0.2, 0.25) is 5.02 Å². The van der Waals surface area contributed by atoms with E-state index in [-0.39, 0.29) is 18.4 Å². The summed E-state index contributed by atoms with van der Waals surface area (Å²) in [5.41, 5.74) is 2.24. The van der Waals surface area contributed by atoms with E-state index in [1.807, 2.05) is 23.1 Å². The maximum absolute atomic E-state index is 13.6. The molecule has 0 unspecified atom stereocenters. The quantitative estimate of drug-likeness (QED) is 0.553. The summed E-state index contributed by atoms with van der Waals surface area (Å²) in [6.45, 7) is 1.72. The molecule has 0 saturated carbocycles. The van der Waals surface area contributed by atoms with Crippen molar-refractivity contribution in [3.05, 3.63) is 88.4 Å². The average molecular weight is 465 g/mol. The molecule has 3 aromatic carbocycles. The van der Waals surface area contributed by atoms with Crippen LogP contribution >= 0.6 is 11.6 Å². The molecule has 162 valence electrons. The standard InChI is InChI=1S/C25H21ClN2O3S/c26-19-7-5-6-17(14-19)16-28-21-15-18(24(29)27-12-3-4-13-27)10-11-23(21)32(31)22-9-2-1-8-20(22)25(28)30/h1-2,5-11,14-15H,3-4,12-13,16H2/t32-/m1/s1. The van der Waals surface area contributed by atoms with E-state index >= 15 is 0 Å². The highest BCUT2D eigenvalue weighted by Gasteiger charge is 2.32. The minimum atomic E-state index is -1.55. The lowest BCUT2D eigenvalue weighted by molar-refractivity contribution is 0.0792. The number of benzene rings is 3. The van der Waals surface area contributed by atoms with Crippen molar-refractivity contribution in [3.8, 4) is 0 Å². The van der Waals surface area contributed by atoms with Gasteiger partial charge in [-0.1, -0.05) is 35.9 Å². The summed E-state index contributed by atoms with van der Waals surface area (Å²) in [5.74, 6) is -0.313. The van der Waals surface area contributed by atoms with Gasteiger partial charge in [-0.05, 0) is 60.9 Å². The summed E-state index contributed by atoms with van der Waals surface area (Å²) in [5, 5.41) is 0.576. The van der Waals surface area contributed by atoms with Crippen molar-refractivity contribution in [2.75, 3.05) is 18.0 Å². The molecule has 5 nitrogen and oxygen atoms in total. The summed E-state index contributed by atoms with van der Waals surface area (Å²) >= 11 is 6.17. The number of rotatable bonds is 3. The van der Waals surface area contributed by atoms with E-state index in [2.05, 4.69) is 0 Å². The topological polar surface area (TPSA) is 57.7 Å². The van der Waals surface area contributed by atoms with Crippen LogP contribution in [-0.4, -0.2) is 34.0 Å². The molecule has 0 aromatic heterocycles. The van der Waals surface area contributed by atoms with E-state index in [1.165, 1.54) is 0 Å². The molecule has 2 aliphatic rings. The number of nitrogens with zero attached hydrogens (tertiary/aromatic N) is 2. The smallest absolute Gasteiger partial charge is 0.259 e. The van der Waals surface area contributed by atoms with Gasteiger partial charge in [0.25, 0.3) is 11.8 Å². The molecule has 1 fully saturated rings. The molecular weight excluding hydrogens is 444 g/mol. The normalized spacial score (nSPS) is 17.7. The second-order valence-electron chi connectivity index (χ2n) is 7.97. The Kier molecular flexibility index (Phi) is 5.57. The Morgan fingerprint density at radius 2 is 1.72 bits per heavy atom. The van der Waals surface area contributed by atoms with Crippen molar-refractivity contribution in [3.63, 3.8) is 0 Å². The second kappa shape index (κ2) is 8.52. The van der Waals surface area contributed by atoms with Crippen LogP contribution in [0.4, 0.5) is 5.69 Å². The van der Waals surface area contributed by atoms with Gasteiger partial charge in [-0.2, -0.15) is 0 Å². The Morgan fingerprint density at radius 1 is 0.938 bits per heavy atom. The molecule has 2 aliphatic heterocycles. The predicted molar refractivity (Wildman–Crippen MR) is 125 cm³/mol. The van der Waals surface area contributed by atoms with Crippen molar-refractivity contribution in [1.82, 2.24) is 4.90 Å². The van der Waals surface area contributed by atoms with Crippen molar-refractivity contribution in [2.24, 2.45) is 0 Å². The van der Waals surface area contributed by atoms with Gasteiger partial charge in [0.1, 0.15) is 0 Å². The van der Waals surface area contributed by atoms with Crippen LogP contribution in [0.1, 0.15) is 39.1 Å². The Morgan fingerprint density at radius 3 is 2.50 bits per heavy atom. The first-order valence-electron chi connectivity index (χ1n) is 10.5. The molecule has 1 atom stereocenters. The number of amides is 2. The summed E-state index contributed by atoms with van der Waals surface area (Å²) in [6, 6.07) is 19.4. The Bertz CT molecular complexity index is 1250. The number of likely N-dealkylation sites (tertiary alicyclic amines) is 1. The molecule has 2 amide bonds. The van der Waals surface area contributed by atoms with Crippen molar-refractivity contribution in [1.29, 1.82) is 0 Å². The molecule has 32 heavy (non-hydrogen) atoms. The summed E-state index contributed by atoms with van der Waals surface area (Å²) in [6.07, 6.45) is 1.99. The lowest BCUT2D eigenvalue weighted by Gasteiger charge is -2.24. The number of hydrogen-bond acceptors (Lipinski definition) is 3. The molecule has 3 aromatic rings. The fourth-order valence-corrected chi connectivity index (χ4v) is 5.83. The molecule has 7 heteroatoms. The van der Waals surface area contributed by atoms with E-state index < -0.39 is 10.8 Å². The second-order valence-corrected chi connectivity index (χ2v) is 9.82.